The van der Waals surface area contributed by atoms with Crippen LogP contribution in [0, 0.1) is 0 Å². The number of likely N-dealkylation sites (N-methyl/N-ethyl adjacent to an activating group) is 1. The molecule has 1 aliphatic heterocycles. The van der Waals surface area contributed by atoms with E-state index in [4.69, 9.17) is 0 Å². The van der Waals surface area contributed by atoms with Crippen LogP contribution in [0.5, 0.6) is 0 Å². The zero-order chi connectivity index (χ0) is 7.40. The third-order valence-corrected chi connectivity index (χ3v) is 1.97. The zero-order valence-corrected chi connectivity index (χ0v) is 6.85. The molecule has 2 N–H and O–H groups in total. The molecular formula is C7H17N3. The smallest absolute Gasteiger partial charge is 0.0339 e. The summed E-state index contributed by atoms with van der Waals surface area (Å²) in [7, 11) is 4.25. The van der Waals surface area contributed by atoms with Gasteiger partial charge in [-0.1, -0.05) is 0 Å². The average Bonchev–Trinajstić information content (AvgIpc) is 2.12. The van der Waals surface area contributed by atoms with E-state index in [1.165, 1.54) is 0 Å². The molecule has 1 saturated heterocycles. The summed E-state index contributed by atoms with van der Waals surface area (Å²) in [5.74, 6) is 0. The van der Waals surface area contributed by atoms with E-state index in [2.05, 4.69) is 29.6 Å². The van der Waals surface area contributed by atoms with Gasteiger partial charge in [-0.05, 0) is 14.1 Å². The molecule has 0 spiro atoms. The quantitative estimate of drug-likeness (QED) is 0.498. The molecule has 60 valence electrons. The second-order valence-corrected chi connectivity index (χ2v) is 3.03. The molecule has 0 unspecified atom stereocenters. The van der Waals surface area contributed by atoms with Crippen molar-refractivity contribution in [1.29, 1.82) is 0 Å². The van der Waals surface area contributed by atoms with E-state index in [0.717, 1.165) is 26.2 Å². The summed E-state index contributed by atoms with van der Waals surface area (Å²) in [4.78, 5) is 2.26. The average molecular weight is 143 g/mol. The van der Waals surface area contributed by atoms with Gasteiger partial charge >= 0.3 is 0 Å². The highest BCUT2D eigenvalue weighted by Crippen LogP contribution is 1.91. The van der Waals surface area contributed by atoms with Crippen molar-refractivity contribution in [2.24, 2.45) is 0 Å². The van der Waals surface area contributed by atoms with Gasteiger partial charge in [0.15, 0.2) is 0 Å². The van der Waals surface area contributed by atoms with E-state index >= 15 is 0 Å². The predicted molar refractivity (Wildman–Crippen MR) is 43.2 cm³/mol. The summed E-state index contributed by atoms with van der Waals surface area (Å²) < 4.78 is 0. The van der Waals surface area contributed by atoms with E-state index in [1.54, 1.807) is 0 Å². The molecule has 0 amide bonds. The maximum atomic E-state index is 3.37. The maximum absolute atomic E-state index is 3.37. The summed E-state index contributed by atoms with van der Waals surface area (Å²) in [5, 5.41) is 6.75. The molecule has 0 saturated carbocycles. The van der Waals surface area contributed by atoms with Crippen molar-refractivity contribution in [3.63, 3.8) is 0 Å². The van der Waals surface area contributed by atoms with E-state index in [9.17, 15) is 0 Å². The lowest BCUT2D eigenvalue weighted by atomic mass is 10.3. The Kier molecular flexibility index (Phi) is 3.12. The molecule has 1 fully saturated rings. The standard InChI is InChI=1S/C7H17N3/c1-10(2)7-5-8-3-4-9-6-7/h7-9H,3-6H2,1-2H3. The Balaban J connectivity index is 2.28. The van der Waals surface area contributed by atoms with E-state index in [-0.39, 0.29) is 0 Å². The fourth-order valence-electron chi connectivity index (χ4n) is 1.15. The van der Waals surface area contributed by atoms with Crippen molar-refractivity contribution in [1.82, 2.24) is 15.5 Å². The van der Waals surface area contributed by atoms with Gasteiger partial charge in [0.1, 0.15) is 0 Å². The Hall–Kier alpha value is -0.120. The monoisotopic (exact) mass is 143 g/mol. The fourth-order valence-corrected chi connectivity index (χ4v) is 1.15. The van der Waals surface area contributed by atoms with Gasteiger partial charge in [0.2, 0.25) is 0 Å². The van der Waals surface area contributed by atoms with Gasteiger partial charge < -0.3 is 15.5 Å². The molecule has 3 heteroatoms. The normalized spacial score (nSPS) is 23.1. The number of nitrogens with one attached hydrogen (secondary N) is 2. The van der Waals surface area contributed by atoms with Crippen LogP contribution >= 0.6 is 0 Å². The molecule has 3 nitrogen and oxygen atoms in total. The minimum Gasteiger partial charge on any atom is -0.314 e. The summed E-state index contributed by atoms with van der Waals surface area (Å²) in [6, 6.07) is 0.655. The lowest BCUT2D eigenvalue weighted by Gasteiger charge is -2.21. The Bertz CT molecular complexity index is 84.9. The highest BCUT2D eigenvalue weighted by Gasteiger charge is 2.11. The molecule has 10 heavy (non-hydrogen) atoms. The summed E-state index contributed by atoms with van der Waals surface area (Å²) in [5.41, 5.74) is 0. The van der Waals surface area contributed by atoms with Crippen LogP contribution in [-0.2, 0) is 0 Å². The molecule has 0 bridgehead atoms. The van der Waals surface area contributed by atoms with Gasteiger partial charge in [-0.25, -0.2) is 0 Å². The van der Waals surface area contributed by atoms with E-state index in [0.29, 0.717) is 6.04 Å². The van der Waals surface area contributed by atoms with Gasteiger partial charge in [0.25, 0.3) is 0 Å². The van der Waals surface area contributed by atoms with Crippen molar-refractivity contribution >= 4 is 0 Å². The highest BCUT2D eigenvalue weighted by molar-refractivity contribution is 4.75. The van der Waals surface area contributed by atoms with Crippen molar-refractivity contribution in [2.75, 3.05) is 40.3 Å². The lowest BCUT2D eigenvalue weighted by Crippen LogP contribution is -2.40. The minimum atomic E-state index is 0.655. The van der Waals surface area contributed by atoms with Crippen LogP contribution in [0.3, 0.4) is 0 Å². The third kappa shape index (κ3) is 2.25. The summed E-state index contributed by atoms with van der Waals surface area (Å²) in [6.07, 6.45) is 0. The predicted octanol–water partition coefficient (Wildman–Crippen LogP) is -0.891. The molecule has 1 aliphatic rings. The number of nitrogens with zero attached hydrogens (tertiary/aromatic N) is 1. The number of rotatable bonds is 1. The third-order valence-electron chi connectivity index (χ3n) is 1.97. The second-order valence-electron chi connectivity index (χ2n) is 3.03. The molecule has 0 aliphatic carbocycles. The Morgan fingerprint density at radius 2 is 1.60 bits per heavy atom. The molecule has 0 atom stereocenters. The molecule has 0 aromatic heterocycles. The van der Waals surface area contributed by atoms with Crippen LogP contribution in [0.25, 0.3) is 0 Å². The molecule has 0 radical (unpaired) electrons. The molecule has 0 aromatic rings. The van der Waals surface area contributed by atoms with Crippen molar-refractivity contribution in [2.45, 2.75) is 6.04 Å². The summed E-state index contributed by atoms with van der Waals surface area (Å²) in [6.45, 7) is 4.43. The van der Waals surface area contributed by atoms with E-state index < -0.39 is 0 Å². The van der Waals surface area contributed by atoms with Gasteiger partial charge in [-0.2, -0.15) is 0 Å². The Morgan fingerprint density at radius 3 is 2.00 bits per heavy atom. The Labute approximate surface area is 62.8 Å². The van der Waals surface area contributed by atoms with Crippen LogP contribution in [0.15, 0.2) is 0 Å². The van der Waals surface area contributed by atoms with Gasteiger partial charge in [0, 0.05) is 32.2 Å². The van der Waals surface area contributed by atoms with Crippen LogP contribution in [0.4, 0.5) is 0 Å². The SMILES string of the molecule is CN(C)C1CNCCNC1. The van der Waals surface area contributed by atoms with Crippen LogP contribution in [0.1, 0.15) is 0 Å². The molecular weight excluding hydrogens is 126 g/mol. The zero-order valence-electron chi connectivity index (χ0n) is 6.85. The maximum Gasteiger partial charge on any atom is 0.0339 e. The van der Waals surface area contributed by atoms with E-state index in [1.807, 2.05) is 0 Å². The number of hydrogen-bond donors (Lipinski definition) is 2. The van der Waals surface area contributed by atoms with Crippen LogP contribution < -0.4 is 10.6 Å². The first-order valence-corrected chi connectivity index (χ1v) is 3.88. The first-order chi connectivity index (χ1) is 4.80. The molecule has 0 aromatic carbocycles. The van der Waals surface area contributed by atoms with Gasteiger partial charge in [-0.3, -0.25) is 0 Å². The molecule has 1 rings (SSSR count). The fraction of sp³-hybridized carbons (Fsp3) is 1.00. The van der Waals surface area contributed by atoms with Crippen LogP contribution in [-0.4, -0.2) is 51.2 Å². The van der Waals surface area contributed by atoms with Crippen LogP contribution in [0.2, 0.25) is 0 Å². The number of hydrogen-bond acceptors (Lipinski definition) is 3. The van der Waals surface area contributed by atoms with Crippen molar-refractivity contribution < 1.29 is 0 Å². The first-order valence-electron chi connectivity index (χ1n) is 3.88. The first kappa shape index (κ1) is 7.98. The van der Waals surface area contributed by atoms with Crippen molar-refractivity contribution in [3.8, 4) is 0 Å². The second kappa shape index (κ2) is 3.91. The minimum absolute atomic E-state index is 0.655. The van der Waals surface area contributed by atoms with Gasteiger partial charge in [-0.15, -0.1) is 0 Å². The highest BCUT2D eigenvalue weighted by atomic mass is 15.2. The lowest BCUT2D eigenvalue weighted by molar-refractivity contribution is 0.290. The van der Waals surface area contributed by atoms with Gasteiger partial charge in [0.05, 0.1) is 0 Å². The van der Waals surface area contributed by atoms with Crippen molar-refractivity contribution in [3.05, 3.63) is 0 Å². The molecule has 1 heterocycles. The largest absolute Gasteiger partial charge is 0.314 e. The Morgan fingerprint density at radius 1 is 1.10 bits per heavy atom. The topological polar surface area (TPSA) is 27.3 Å². The summed E-state index contributed by atoms with van der Waals surface area (Å²) >= 11 is 0.